The first kappa shape index (κ1) is 23.9. The molecule has 0 radical (unpaired) electrons. The van der Waals surface area contributed by atoms with Gasteiger partial charge in [0.2, 0.25) is 0 Å². The molecule has 0 spiro atoms. The van der Waals surface area contributed by atoms with Gasteiger partial charge in [0.1, 0.15) is 23.0 Å². The van der Waals surface area contributed by atoms with Gasteiger partial charge in [0.15, 0.2) is 0 Å². The zero-order valence-electron chi connectivity index (χ0n) is 19.5. The first-order valence-corrected chi connectivity index (χ1v) is 12.3. The van der Waals surface area contributed by atoms with Gasteiger partial charge in [-0.2, -0.15) is 0 Å². The Morgan fingerprint density at radius 1 is 0.441 bits per heavy atom. The fourth-order valence-corrected chi connectivity index (χ4v) is 5.46. The van der Waals surface area contributed by atoms with E-state index in [1.165, 1.54) is 0 Å². The van der Waals surface area contributed by atoms with Crippen LogP contribution in [0.1, 0.15) is 0 Å². The molecule has 0 saturated heterocycles. The highest BCUT2D eigenvalue weighted by molar-refractivity contribution is 7.99. The second-order valence-corrected chi connectivity index (χ2v) is 9.47. The van der Waals surface area contributed by atoms with Gasteiger partial charge in [0.25, 0.3) is 0 Å². The SMILES string of the molecule is COc1cc(-c2cc(OC)c(Sc3ccccc3)cc2OC)c(OC)cc1Sc1ccccc1. The number of ether oxygens (including phenoxy) is 4. The van der Waals surface area contributed by atoms with Crippen molar-refractivity contribution in [1.29, 1.82) is 0 Å². The Balaban J connectivity index is 1.79. The number of methoxy groups -OCH3 is 4. The van der Waals surface area contributed by atoms with Gasteiger partial charge < -0.3 is 18.9 Å². The first-order valence-electron chi connectivity index (χ1n) is 10.6. The van der Waals surface area contributed by atoms with Crippen molar-refractivity contribution in [2.45, 2.75) is 19.6 Å². The van der Waals surface area contributed by atoms with E-state index in [0.717, 1.165) is 53.7 Å². The number of rotatable bonds is 9. The minimum atomic E-state index is 0.725. The average molecular weight is 491 g/mol. The summed E-state index contributed by atoms with van der Waals surface area (Å²) in [5, 5.41) is 0. The third-order valence-corrected chi connectivity index (χ3v) is 7.30. The maximum Gasteiger partial charge on any atom is 0.133 e. The summed E-state index contributed by atoms with van der Waals surface area (Å²) in [4.78, 5) is 4.18. The smallest absolute Gasteiger partial charge is 0.133 e. The minimum Gasteiger partial charge on any atom is -0.496 e. The maximum absolute atomic E-state index is 5.81. The van der Waals surface area contributed by atoms with Crippen LogP contribution in [0.25, 0.3) is 11.1 Å². The molecule has 0 aliphatic rings. The topological polar surface area (TPSA) is 36.9 Å². The Hall–Kier alpha value is -3.22. The molecule has 0 unspecified atom stereocenters. The summed E-state index contributed by atoms with van der Waals surface area (Å²) in [5.74, 6) is 2.97. The van der Waals surface area contributed by atoms with Crippen LogP contribution in [0.15, 0.2) is 105 Å². The summed E-state index contributed by atoms with van der Waals surface area (Å²) in [5.41, 5.74) is 1.73. The van der Waals surface area contributed by atoms with Gasteiger partial charge >= 0.3 is 0 Å². The van der Waals surface area contributed by atoms with Crippen molar-refractivity contribution in [3.63, 3.8) is 0 Å². The third-order valence-electron chi connectivity index (χ3n) is 5.20. The van der Waals surface area contributed by atoms with E-state index in [1.807, 2.05) is 60.7 Å². The van der Waals surface area contributed by atoms with E-state index in [-0.39, 0.29) is 0 Å². The molecule has 0 fully saturated rings. The van der Waals surface area contributed by atoms with Crippen LogP contribution < -0.4 is 18.9 Å². The summed E-state index contributed by atoms with van der Waals surface area (Å²) < 4.78 is 23.1. The number of benzene rings is 4. The van der Waals surface area contributed by atoms with E-state index in [2.05, 4.69) is 24.3 Å². The average Bonchev–Trinajstić information content (AvgIpc) is 2.89. The molecule has 0 amide bonds. The fraction of sp³-hybridized carbons (Fsp3) is 0.143. The van der Waals surface area contributed by atoms with E-state index in [0.29, 0.717) is 0 Å². The molecule has 4 nitrogen and oxygen atoms in total. The molecule has 0 bridgehead atoms. The van der Waals surface area contributed by atoms with Gasteiger partial charge in [-0.1, -0.05) is 59.9 Å². The Morgan fingerprint density at radius 3 is 1.12 bits per heavy atom. The normalized spacial score (nSPS) is 10.6. The maximum atomic E-state index is 5.81. The highest BCUT2D eigenvalue weighted by atomic mass is 32.2. The highest BCUT2D eigenvalue weighted by Crippen LogP contribution is 2.48. The van der Waals surface area contributed by atoms with Gasteiger partial charge in [0, 0.05) is 20.9 Å². The molecule has 0 atom stereocenters. The molecule has 34 heavy (non-hydrogen) atoms. The minimum absolute atomic E-state index is 0.725. The molecule has 0 saturated carbocycles. The van der Waals surface area contributed by atoms with E-state index >= 15 is 0 Å². The summed E-state index contributed by atoms with van der Waals surface area (Å²) >= 11 is 3.26. The lowest BCUT2D eigenvalue weighted by molar-refractivity contribution is 0.391. The molecule has 0 aliphatic heterocycles. The lowest BCUT2D eigenvalue weighted by Crippen LogP contribution is -1.97. The molecule has 0 aliphatic carbocycles. The molecule has 0 aromatic heterocycles. The van der Waals surface area contributed by atoms with Crippen molar-refractivity contribution in [3.05, 3.63) is 84.9 Å². The predicted octanol–water partition coefficient (Wildman–Crippen LogP) is 7.69. The molecule has 6 heteroatoms. The van der Waals surface area contributed by atoms with Gasteiger partial charge in [0.05, 0.1) is 38.2 Å². The lowest BCUT2D eigenvalue weighted by Gasteiger charge is -2.19. The van der Waals surface area contributed by atoms with Crippen LogP contribution in [0.5, 0.6) is 23.0 Å². The van der Waals surface area contributed by atoms with Crippen LogP contribution in [0.3, 0.4) is 0 Å². The van der Waals surface area contributed by atoms with Crippen LogP contribution in [-0.4, -0.2) is 28.4 Å². The zero-order chi connectivity index (χ0) is 23.9. The van der Waals surface area contributed by atoms with Crippen LogP contribution in [0.2, 0.25) is 0 Å². The van der Waals surface area contributed by atoms with Gasteiger partial charge in [-0.3, -0.25) is 0 Å². The molecule has 0 N–H and O–H groups in total. The predicted molar refractivity (Wildman–Crippen MR) is 139 cm³/mol. The Labute approximate surface area is 209 Å². The van der Waals surface area contributed by atoms with Gasteiger partial charge in [-0.05, 0) is 48.5 Å². The molecular weight excluding hydrogens is 464 g/mol. The monoisotopic (exact) mass is 490 g/mol. The second kappa shape index (κ2) is 11.3. The van der Waals surface area contributed by atoms with E-state index in [1.54, 1.807) is 52.0 Å². The van der Waals surface area contributed by atoms with Crippen molar-refractivity contribution in [3.8, 4) is 34.1 Å². The quantitative estimate of drug-likeness (QED) is 0.239. The Kier molecular flexibility index (Phi) is 7.93. The van der Waals surface area contributed by atoms with Crippen molar-refractivity contribution >= 4 is 23.5 Å². The summed E-state index contributed by atoms with van der Waals surface area (Å²) in [6.45, 7) is 0. The molecule has 0 heterocycles. The molecule has 4 aromatic rings. The molecule has 4 rings (SSSR count). The molecule has 4 aromatic carbocycles. The number of hydrogen-bond donors (Lipinski definition) is 0. The van der Waals surface area contributed by atoms with E-state index in [9.17, 15) is 0 Å². The largest absolute Gasteiger partial charge is 0.496 e. The van der Waals surface area contributed by atoms with Crippen molar-refractivity contribution < 1.29 is 18.9 Å². The molecule has 174 valence electrons. The third kappa shape index (κ3) is 5.29. The van der Waals surface area contributed by atoms with Crippen LogP contribution in [0.4, 0.5) is 0 Å². The standard InChI is InChI=1S/C28H26O4S2/c1-29-23-17-27(33-19-11-7-5-8-12-19)25(31-3)15-21(23)22-16-26(32-4)28(18-24(22)30-2)34-20-13-9-6-10-14-20/h5-18H,1-4H3. The van der Waals surface area contributed by atoms with Crippen LogP contribution in [0, 0.1) is 0 Å². The van der Waals surface area contributed by atoms with Crippen LogP contribution in [-0.2, 0) is 0 Å². The van der Waals surface area contributed by atoms with Crippen molar-refractivity contribution in [2.24, 2.45) is 0 Å². The Bertz CT molecular complexity index is 1150. The molecular formula is C28H26O4S2. The summed E-state index contributed by atoms with van der Waals surface area (Å²) in [7, 11) is 6.70. The fourth-order valence-electron chi connectivity index (χ4n) is 3.55. The zero-order valence-corrected chi connectivity index (χ0v) is 21.2. The number of hydrogen-bond acceptors (Lipinski definition) is 6. The van der Waals surface area contributed by atoms with E-state index < -0.39 is 0 Å². The van der Waals surface area contributed by atoms with Gasteiger partial charge in [-0.25, -0.2) is 0 Å². The van der Waals surface area contributed by atoms with Crippen LogP contribution >= 0.6 is 23.5 Å². The summed E-state index contributed by atoms with van der Waals surface area (Å²) in [6.07, 6.45) is 0. The summed E-state index contributed by atoms with van der Waals surface area (Å²) in [6, 6.07) is 28.4. The lowest BCUT2D eigenvalue weighted by atomic mass is 10.0. The van der Waals surface area contributed by atoms with E-state index in [4.69, 9.17) is 18.9 Å². The Morgan fingerprint density at radius 2 is 0.794 bits per heavy atom. The van der Waals surface area contributed by atoms with Crippen molar-refractivity contribution in [1.82, 2.24) is 0 Å². The highest BCUT2D eigenvalue weighted by Gasteiger charge is 2.20. The van der Waals surface area contributed by atoms with Gasteiger partial charge in [-0.15, -0.1) is 0 Å². The first-order chi connectivity index (χ1) is 16.7. The van der Waals surface area contributed by atoms with Crippen molar-refractivity contribution in [2.75, 3.05) is 28.4 Å². The second-order valence-electron chi connectivity index (χ2n) is 7.24.